The average molecular weight is 252 g/mol. The zero-order valence-electron chi connectivity index (χ0n) is 10.4. The smallest absolute Gasteiger partial charge is 0.101 e. The third-order valence-corrected chi connectivity index (χ3v) is 4.34. The zero-order valence-corrected chi connectivity index (χ0v) is 11.2. The molecule has 2 atom stereocenters. The number of pyridine rings is 1. The topological polar surface area (TPSA) is 45.2 Å². The van der Waals surface area contributed by atoms with Crippen molar-refractivity contribution in [2.24, 2.45) is 0 Å². The van der Waals surface area contributed by atoms with Gasteiger partial charge in [0.25, 0.3) is 0 Å². The minimum Gasteiger partial charge on any atom is -0.392 e. The lowest BCUT2D eigenvalue weighted by Crippen LogP contribution is -2.18. The molecule has 1 aromatic heterocycles. The van der Waals surface area contributed by atoms with Crippen LogP contribution in [0.4, 0.5) is 0 Å². The molecule has 0 radical (unpaired) electrons. The van der Waals surface area contributed by atoms with E-state index in [4.69, 9.17) is 0 Å². The molecule has 0 spiro atoms. The van der Waals surface area contributed by atoms with Crippen molar-refractivity contribution in [3.63, 3.8) is 0 Å². The fourth-order valence-electron chi connectivity index (χ4n) is 1.48. The van der Waals surface area contributed by atoms with Crippen molar-refractivity contribution < 1.29 is 5.11 Å². The number of aliphatic hydroxyl groups is 1. The highest BCUT2D eigenvalue weighted by Gasteiger charge is 2.21. The minimum absolute atomic E-state index is 0.171. The maximum absolute atomic E-state index is 9.54. The fraction of sp³-hybridized carbons (Fsp3) is 0.615. The van der Waals surface area contributed by atoms with Crippen LogP contribution in [0.3, 0.4) is 0 Å². The second-order valence-corrected chi connectivity index (χ2v) is 6.05. The van der Waals surface area contributed by atoms with Crippen LogP contribution in [-0.4, -0.2) is 27.5 Å². The van der Waals surface area contributed by atoms with Crippen molar-refractivity contribution in [2.45, 2.75) is 55.7 Å². The molecule has 94 valence electrons. The van der Waals surface area contributed by atoms with Crippen molar-refractivity contribution in [3.8, 4) is 0 Å². The Morgan fingerprint density at radius 3 is 2.94 bits per heavy atom. The van der Waals surface area contributed by atoms with Gasteiger partial charge in [0.2, 0.25) is 0 Å². The second kappa shape index (κ2) is 5.85. The van der Waals surface area contributed by atoms with Gasteiger partial charge in [0.1, 0.15) is 5.03 Å². The van der Waals surface area contributed by atoms with Gasteiger partial charge < -0.3 is 10.4 Å². The van der Waals surface area contributed by atoms with Crippen molar-refractivity contribution in [2.75, 3.05) is 0 Å². The van der Waals surface area contributed by atoms with Gasteiger partial charge in [-0.2, -0.15) is 0 Å². The predicted octanol–water partition coefficient (Wildman–Crippen LogP) is 2.20. The van der Waals surface area contributed by atoms with Crippen LogP contribution in [0.1, 0.15) is 32.3 Å². The molecule has 0 aromatic carbocycles. The SMILES string of the molecule is CC(O)C(C)Sc1ncccc1CNC1CC1. The van der Waals surface area contributed by atoms with E-state index in [1.165, 1.54) is 18.4 Å². The van der Waals surface area contributed by atoms with Crippen LogP contribution in [0, 0.1) is 0 Å². The first-order valence-electron chi connectivity index (χ1n) is 6.19. The van der Waals surface area contributed by atoms with Gasteiger partial charge in [-0.05, 0) is 31.4 Å². The Hall–Kier alpha value is -0.580. The van der Waals surface area contributed by atoms with Crippen LogP contribution in [0.25, 0.3) is 0 Å². The lowest BCUT2D eigenvalue weighted by atomic mass is 10.3. The number of nitrogens with zero attached hydrogens (tertiary/aromatic N) is 1. The van der Waals surface area contributed by atoms with Crippen LogP contribution >= 0.6 is 11.8 Å². The second-order valence-electron chi connectivity index (χ2n) is 4.69. The summed E-state index contributed by atoms with van der Waals surface area (Å²) < 4.78 is 0. The molecule has 1 heterocycles. The van der Waals surface area contributed by atoms with Gasteiger partial charge in [-0.15, -0.1) is 11.8 Å². The summed E-state index contributed by atoms with van der Waals surface area (Å²) in [5.74, 6) is 0. The van der Waals surface area contributed by atoms with Crippen molar-refractivity contribution >= 4 is 11.8 Å². The minimum atomic E-state index is -0.314. The van der Waals surface area contributed by atoms with Gasteiger partial charge in [0.05, 0.1) is 6.10 Å². The highest BCUT2D eigenvalue weighted by Crippen LogP contribution is 2.27. The molecular formula is C13H20N2OS. The lowest BCUT2D eigenvalue weighted by molar-refractivity contribution is 0.196. The normalized spacial score (nSPS) is 19.0. The van der Waals surface area contributed by atoms with Gasteiger partial charge in [0.15, 0.2) is 0 Å². The number of hydrogen-bond acceptors (Lipinski definition) is 4. The van der Waals surface area contributed by atoms with Crippen molar-refractivity contribution in [1.29, 1.82) is 0 Å². The lowest BCUT2D eigenvalue weighted by Gasteiger charge is -2.15. The Morgan fingerprint density at radius 1 is 1.53 bits per heavy atom. The van der Waals surface area contributed by atoms with Gasteiger partial charge >= 0.3 is 0 Å². The van der Waals surface area contributed by atoms with E-state index in [1.807, 2.05) is 26.1 Å². The summed E-state index contributed by atoms with van der Waals surface area (Å²) in [7, 11) is 0. The van der Waals surface area contributed by atoms with Crippen molar-refractivity contribution in [3.05, 3.63) is 23.9 Å². The van der Waals surface area contributed by atoms with E-state index in [1.54, 1.807) is 11.8 Å². The van der Waals surface area contributed by atoms with E-state index < -0.39 is 0 Å². The monoisotopic (exact) mass is 252 g/mol. The molecule has 0 aliphatic heterocycles. The molecule has 0 bridgehead atoms. The van der Waals surface area contributed by atoms with E-state index in [2.05, 4.69) is 16.4 Å². The molecule has 1 aromatic rings. The summed E-state index contributed by atoms with van der Waals surface area (Å²) in [6.45, 7) is 4.73. The van der Waals surface area contributed by atoms with E-state index in [9.17, 15) is 5.11 Å². The largest absolute Gasteiger partial charge is 0.392 e. The molecule has 1 aliphatic rings. The molecule has 3 nitrogen and oxygen atoms in total. The summed E-state index contributed by atoms with van der Waals surface area (Å²) in [5, 5.41) is 14.2. The zero-order chi connectivity index (χ0) is 12.3. The van der Waals surface area contributed by atoms with E-state index >= 15 is 0 Å². The first kappa shape index (κ1) is 12.9. The number of aromatic nitrogens is 1. The van der Waals surface area contributed by atoms with Crippen LogP contribution in [0.5, 0.6) is 0 Å². The first-order valence-corrected chi connectivity index (χ1v) is 7.07. The molecule has 1 fully saturated rings. The maximum atomic E-state index is 9.54. The molecule has 0 saturated heterocycles. The summed E-state index contributed by atoms with van der Waals surface area (Å²) in [5.41, 5.74) is 1.23. The highest BCUT2D eigenvalue weighted by molar-refractivity contribution is 7.99. The highest BCUT2D eigenvalue weighted by atomic mass is 32.2. The van der Waals surface area contributed by atoms with Gasteiger partial charge in [-0.1, -0.05) is 13.0 Å². The van der Waals surface area contributed by atoms with E-state index in [0.29, 0.717) is 6.04 Å². The number of rotatable bonds is 6. The molecule has 2 N–H and O–H groups in total. The maximum Gasteiger partial charge on any atom is 0.101 e. The summed E-state index contributed by atoms with van der Waals surface area (Å²) >= 11 is 1.65. The Bertz CT molecular complexity index is 366. The van der Waals surface area contributed by atoms with Crippen LogP contribution in [0.15, 0.2) is 23.4 Å². The molecule has 1 saturated carbocycles. The molecule has 1 aliphatic carbocycles. The molecule has 17 heavy (non-hydrogen) atoms. The van der Waals surface area contributed by atoms with Crippen LogP contribution in [-0.2, 0) is 6.54 Å². The Labute approximate surface area is 107 Å². The Morgan fingerprint density at radius 2 is 2.29 bits per heavy atom. The van der Waals surface area contributed by atoms with E-state index in [0.717, 1.165) is 11.6 Å². The van der Waals surface area contributed by atoms with E-state index in [-0.39, 0.29) is 11.4 Å². The molecule has 2 rings (SSSR count). The average Bonchev–Trinajstić information content (AvgIpc) is 3.11. The quantitative estimate of drug-likeness (QED) is 0.762. The number of thioether (sulfide) groups is 1. The third kappa shape index (κ3) is 3.98. The summed E-state index contributed by atoms with van der Waals surface area (Å²) in [6.07, 6.45) is 4.10. The molecule has 0 amide bonds. The van der Waals surface area contributed by atoms with Gasteiger partial charge in [-0.3, -0.25) is 0 Å². The number of nitrogens with one attached hydrogen (secondary N) is 1. The van der Waals surface area contributed by atoms with Crippen LogP contribution < -0.4 is 5.32 Å². The Kier molecular flexibility index (Phi) is 4.42. The van der Waals surface area contributed by atoms with Gasteiger partial charge in [0, 0.05) is 24.0 Å². The summed E-state index contributed by atoms with van der Waals surface area (Å²) in [4.78, 5) is 4.41. The summed E-state index contributed by atoms with van der Waals surface area (Å²) in [6, 6.07) is 4.79. The third-order valence-electron chi connectivity index (χ3n) is 2.99. The molecule has 4 heteroatoms. The predicted molar refractivity (Wildman–Crippen MR) is 71.1 cm³/mol. The Balaban J connectivity index is 1.98. The molecule has 2 unspecified atom stereocenters. The number of hydrogen-bond donors (Lipinski definition) is 2. The van der Waals surface area contributed by atoms with Crippen molar-refractivity contribution in [1.82, 2.24) is 10.3 Å². The van der Waals surface area contributed by atoms with Crippen LogP contribution in [0.2, 0.25) is 0 Å². The standard InChI is InChI=1S/C13H20N2OS/c1-9(16)10(2)17-13-11(4-3-7-14-13)8-15-12-5-6-12/h3-4,7,9-10,12,15-16H,5-6,8H2,1-2H3. The fourth-order valence-corrected chi connectivity index (χ4v) is 2.44. The number of aliphatic hydroxyl groups excluding tert-OH is 1. The first-order chi connectivity index (χ1) is 8.16. The van der Waals surface area contributed by atoms with Gasteiger partial charge in [-0.25, -0.2) is 4.98 Å². The molecular weight excluding hydrogens is 232 g/mol.